The topological polar surface area (TPSA) is 158 Å². The number of benzene rings is 3. The van der Waals surface area contributed by atoms with E-state index < -0.39 is 0 Å². The molecule has 1 N–H and O–H groups in total. The lowest BCUT2D eigenvalue weighted by molar-refractivity contribution is 0.643. The molecular weight excluding hydrogens is 627 g/mol. The maximum absolute atomic E-state index is 5.61. The van der Waals surface area contributed by atoms with Gasteiger partial charge in [-0.1, -0.05) is 47.7 Å². The number of hydrogen-bond acceptors (Lipinski definition) is 11. The van der Waals surface area contributed by atoms with Gasteiger partial charge in [-0.3, -0.25) is 8.80 Å². The van der Waals surface area contributed by atoms with Crippen LogP contribution < -0.4 is 0 Å². The van der Waals surface area contributed by atoms with E-state index in [0.29, 0.717) is 22.8 Å². The third-order valence-corrected chi connectivity index (χ3v) is 8.85. The highest BCUT2D eigenvalue weighted by Crippen LogP contribution is 2.28. The van der Waals surface area contributed by atoms with Crippen LogP contribution in [0.1, 0.15) is 0 Å². The summed E-state index contributed by atoms with van der Waals surface area (Å²) in [6.07, 6.45) is 9.97. The molecule has 0 amide bonds. The van der Waals surface area contributed by atoms with E-state index in [1.54, 1.807) is 48.5 Å². The van der Waals surface area contributed by atoms with Crippen LogP contribution in [0.2, 0.25) is 0 Å². The molecule has 15 heteroatoms. The highest BCUT2D eigenvalue weighted by Gasteiger charge is 2.14. The van der Waals surface area contributed by atoms with Gasteiger partial charge in [0, 0.05) is 37.2 Å². The van der Waals surface area contributed by atoms with Gasteiger partial charge in [-0.2, -0.15) is 15.0 Å². The molecule has 0 spiro atoms. The molecule has 228 valence electrons. The van der Waals surface area contributed by atoms with E-state index >= 15 is 0 Å². The molecule has 0 saturated carbocycles. The fourth-order valence-corrected chi connectivity index (χ4v) is 6.84. The van der Waals surface area contributed by atoms with Crippen LogP contribution in [0.25, 0.3) is 82.8 Å². The monoisotopic (exact) mass is 645 g/mol. The van der Waals surface area contributed by atoms with Crippen molar-refractivity contribution in [3.8, 4) is 0 Å². The molecule has 0 fully saturated rings. The zero-order valence-corrected chi connectivity index (χ0v) is 25.4. The van der Waals surface area contributed by atoms with Crippen LogP contribution in [0.15, 0.2) is 114 Å². The van der Waals surface area contributed by atoms with Crippen molar-refractivity contribution in [1.82, 2.24) is 63.0 Å². The Morgan fingerprint density at radius 1 is 0.521 bits per heavy atom. The normalized spacial score (nSPS) is 11.8. The Hall–Kier alpha value is -6.87. The molecule has 0 bridgehead atoms. The lowest BCUT2D eigenvalue weighted by Gasteiger charge is -1.91. The van der Waals surface area contributed by atoms with E-state index in [-0.39, 0.29) is 0 Å². The van der Waals surface area contributed by atoms with Crippen LogP contribution in [-0.2, 0) is 0 Å². The van der Waals surface area contributed by atoms with Crippen LogP contribution >= 0.6 is 11.3 Å². The number of hydrogen-bond donors (Lipinski definition) is 1. The first-order valence-corrected chi connectivity index (χ1v) is 15.6. The summed E-state index contributed by atoms with van der Waals surface area (Å²) < 4.78 is 12.7. The summed E-state index contributed by atoms with van der Waals surface area (Å²) in [4.78, 5) is 42.8. The number of oxazole rings is 1. The van der Waals surface area contributed by atoms with Gasteiger partial charge in [0.05, 0.1) is 26.8 Å². The number of rotatable bonds is 0. The number of aromatic amines is 1. The molecule has 0 aliphatic rings. The second kappa shape index (κ2) is 10.3. The number of aromatic nitrogens is 13. The Labute approximate surface area is 271 Å². The van der Waals surface area contributed by atoms with Crippen LogP contribution in [0, 0.1) is 0 Å². The minimum absolute atomic E-state index is 0.530. The van der Waals surface area contributed by atoms with Crippen molar-refractivity contribution in [2.24, 2.45) is 0 Å². The van der Waals surface area contributed by atoms with E-state index in [9.17, 15) is 0 Å². The highest BCUT2D eigenvalue weighted by molar-refractivity contribution is 7.23. The molecule has 14 nitrogen and oxygen atoms in total. The summed E-state index contributed by atoms with van der Waals surface area (Å²) in [5, 5.41) is 0. The van der Waals surface area contributed by atoms with Crippen LogP contribution in [0.4, 0.5) is 0 Å². The number of para-hydroxylation sites is 5. The van der Waals surface area contributed by atoms with Crippen LogP contribution in [0.3, 0.4) is 0 Å². The standard InChI is InChI=1S/C11H7N5.C11H6N4O.C11H6N4S/c1-2-4-8-7(3-1)14-11-15-9-10(16(8)11)13-6-5-12-9;2*1-2-4-8-7(3-1)15-10-9(12-5-6-13-10)14-11(15)16-8/h1-6H,(H,12,14,15);2*1-6H. The van der Waals surface area contributed by atoms with Crippen molar-refractivity contribution in [2.75, 3.05) is 0 Å². The van der Waals surface area contributed by atoms with E-state index in [4.69, 9.17) is 4.42 Å². The van der Waals surface area contributed by atoms with Gasteiger partial charge in [-0.05, 0) is 36.4 Å². The number of fused-ring (bicyclic) bond motifs is 15. The Balaban J connectivity index is 0.0000000923. The molecule has 48 heavy (non-hydrogen) atoms. The van der Waals surface area contributed by atoms with Gasteiger partial charge in [0.2, 0.25) is 11.4 Å². The fraction of sp³-hybridized carbons (Fsp3) is 0. The number of H-pyrrole nitrogens is 1. The molecule has 0 aliphatic heterocycles. The largest absolute Gasteiger partial charge is 0.423 e. The van der Waals surface area contributed by atoms with Crippen molar-refractivity contribution in [3.63, 3.8) is 0 Å². The molecule has 12 aromatic rings. The van der Waals surface area contributed by atoms with Crippen molar-refractivity contribution >= 4 is 94.2 Å². The van der Waals surface area contributed by atoms with Gasteiger partial charge < -0.3 is 9.40 Å². The molecular formula is C33H19N13OS. The summed E-state index contributed by atoms with van der Waals surface area (Å²) in [5.41, 5.74) is 9.35. The predicted molar refractivity (Wildman–Crippen MR) is 182 cm³/mol. The Morgan fingerprint density at radius 2 is 1.10 bits per heavy atom. The van der Waals surface area contributed by atoms with Gasteiger partial charge in [-0.15, -0.1) is 0 Å². The van der Waals surface area contributed by atoms with Crippen LogP contribution in [-0.4, -0.2) is 63.0 Å². The van der Waals surface area contributed by atoms with E-state index in [1.807, 2.05) is 69.5 Å². The quantitative estimate of drug-likeness (QED) is 0.199. The molecule has 9 heterocycles. The SMILES string of the molecule is c1ccc2c(c1)[nH]c1nc3nccnc3n12.c1ccc2c(c1)oc1nc3nccnc3n12.c1ccc2c(c1)sc1nc3nccnc3n12. The molecule has 12 rings (SSSR count). The smallest absolute Gasteiger partial charge is 0.310 e. The summed E-state index contributed by atoms with van der Waals surface area (Å²) in [6.45, 7) is 0. The zero-order chi connectivity index (χ0) is 31.6. The molecule has 0 unspecified atom stereocenters. The Bertz CT molecular complexity index is 2580. The second-order valence-electron chi connectivity index (χ2n) is 10.6. The first-order chi connectivity index (χ1) is 23.8. The Kier molecular flexibility index (Phi) is 5.67. The maximum atomic E-state index is 5.61. The third kappa shape index (κ3) is 4.01. The minimum atomic E-state index is 0.530. The highest BCUT2D eigenvalue weighted by atomic mass is 32.1. The van der Waals surface area contributed by atoms with Gasteiger partial charge in [0.15, 0.2) is 38.8 Å². The number of imidazole rings is 4. The van der Waals surface area contributed by atoms with Gasteiger partial charge in [0.1, 0.15) is 0 Å². The zero-order valence-electron chi connectivity index (χ0n) is 24.6. The first kappa shape index (κ1) is 26.4. The summed E-state index contributed by atoms with van der Waals surface area (Å²) in [6, 6.07) is 24.0. The van der Waals surface area contributed by atoms with Crippen molar-refractivity contribution in [1.29, 1.82) is 0 Å². The van der Waals surface area contributed by atoms with Crippen LogP contribution in [0.5, 0.6) is 0 Å². The molecule has 0 aliphatic carbocycles. The molecule has 3 aromatic carbocycles. The number of nitrogens with one attached hydrogen (secondary N) is 1. The second-order valence-corrected chi connectivity index (χ2v) is 11.6. The van der Waals surface area contributed by atoms with E-state index in [0.717, 1.165) is 55.3 Å². The first-order valence-electron chi connectivity index (χ1n) is 14.8. The van der Waals surface area contributed by atoms with E-state index in [2.05, 4.69) is 66.4 Å². The lowest BCUT2D eigenvalue weighted by atomic mass is 10.3. The summed E-state index contributed by atoms with van der Waals surface area (Å²) >= 11 is 1.66. The molecule has 0 atom stereocenters. The lowest BCUT2D eigenvalue weighted by Crippen LogP contribution is -1.84. The van der Waals surface area contributed by atoms with Crippen molar-refractivity contribution in [3.05, 3.63) is 110 Å². The number of nitrogens with zero attached hydrogens (tertiary/aromatic N) is 12. The fourth-order valence-electron chi connectivity index (χ4n) is 5.82. The van der Waals surface area contributed by atoms with E-state index in [1.165, 1.54) is 4.70 Å². The van der Waals surface area contributed by atoms with Gasteiger partial charge >= 0.3 is 5.84 Å². The third-order valence-electron chi connectivity index (χ3n) is 7.83. The maximum Gasteiger partial charge on any atom is 0.310 e. The van der Waals surface area contributed by atoms with Crippen molar-refractivity contribution in [2.45, 2.75) is 0 Å². The Morgan fingerprint density at radius 3 is 1.90 bits per heavy atom. The molecule has 9 aromatic heterocycles. The molecule has 0 saturated heterocycles. The average molecular weight is 646 g/mol. The predicted octanol–water partition coefficient (Wildman–Crippen LogP) is 6.27. The number of thiazole rings is 1. The van der Waals surface area contributed by atoms with Crippen molar-refractivity contribution < 1.29 is 4.42 Å². The minimum Gasteiger partial charge on any atom is -0.423 e. The summed E-state index contributed by atoms with van der Waals surface area (Å²) in [7, 11) is 0. The summed E-state index contributed by atoms with van der Waals surface area (Å²) in [5.74, 6) is 1.31. The van der Waals surface area contributed by atoms with Gasteiger partial charge in [0.25, 0.3) is 0 Å². The van der Waals surface area contributed by atoms with Gasteiger partial charge in [-0.25, -0.2) is 34.3 Å². The molecule has 0 radical (unpaired) electrons. The average Bonchev–Trinajstić information content (AvgIpc) is 3.96.